The quantitative estimate of drug-likeness (QED) is 0.655. The largest absolute Gasteiger partial charge is 0.297 e. The molecule has 0 spiro atoms. The third kappa shape index (κ3) is 6.27. The van der Waals surface area contributed by atoms with E-state index < -0.39 is 8.80 Å². The number of hydrogen-bond acceptors (Lipinski definition) is 1. The van der Waals surface area contributed by atoms with Gasteiger partial charge in [-0.3, -0.25) is 4.90 Å². The van der Waals surface area contributed by atoms with Crippen molar-refractivity contribution in [3.8, 4) is 0 Å². The maximum absolute atomic E-state index is 2.74. The first-order valence-electron chi connectivity index (χ1n) is 8.61. The number of hydrogen-bond donors (Lipinski definition) is 0. The van der Waals surface area contributed by atoms with Crippen LogP contribution in [0.4, 0.5) is 0 Å². The molecular formula is C17H35NSi. The number of rotatable bonds is 5. The van der Waals surface area contributed by atoms with Crippen LogP contribution in [0.2, 0.25) is 12.1 Å². The highest BCUT2D eigenvalue weighted by Gasteiger charge is 2.16. The van der Waals surface area contributed by atoms with E-state index in [9.17, 15) is 0 Å². The first kappa shape index (κ1) is 17.0. The van der Waals surface area contributed by atoms with Crippen molar-refractivity contribution in [2.45, 2.75) is 84.3 Å². The topological polar surface area (TPSA) is 3.24 Å². The van der Waals surface area contributed by atoms with Gasteiger partial charge in [0, 0.05) is 6.04 Å². The zero-order chi connectivity index (χ0) is 14.1. The highest BCUT2D eigenvalue weighted by Crippen LogP contribution is 2.17. The third-order valence-electron chi connectivity index (χ3n) is 4.89. The van der Waals surface area contributed by atoms with Crippen molar-refractivity contribution in [3.63, 3.8) is 0 Å². The molecule has 1 unspecified atom stereocenters. The molecule has 1 fully saturated rings. The summed E-state index contributed by atoms with van der Waals surface area (Å²) in [5.41, 5.74) is 4.33. The van der Waals surface area contributed by atoms with Gasteiger partial charge in [-0.1, -0.05) is 62.9 Å². The Morgan fingerprint density at radius 2 is 1.47 bits per heavy atom. The van der Waals surface area contributed by atoms with Gasteiger partial charge in [0.1, 0.15) is 0 Å². The van der Waals surface area contributed by atoms with Crippen molar-refractivity contribution in [3.05, 3.63) is 11.3 Å². The van der Waals surface area contributed by atoms with Crippen LogP contribution < -0.4 is 0 Å². The van der Waals surface area contributed by atoms with E-state index >= 15 is 0 Å². The van der Waals surface area contributed by atoms with Gasteiger partial charge in [-0.15, -0.1) is 0 Å². The first-order chi connectivity index (χ1) is 9.19. The smallest absolute Gasteiger partial charge is 0.0609 e. The van der Waals surface area contributed by atoms with Crippen LogP contribution >= 0.6 is 0 Å². The van der Waals surface area contributed by atoms with Gasteiger partial charge in [-0.2, -0.15) is 0 Å². The summed E-state index contributed by atoms with van der Waals surface area (Å²) in [5, 5.41) is 0. The Hall–Kier alpha value is -0.0831. The molecule has 0 N–H and O–H groups in total. The Bertz CT molecular complexity index is 248. The maximum atomic E-state index is 2.74. The fourth-order valence-electron chi connectivity index (χ4n) is 3.16. The minimum atomic E-state index is -0.578. The number of nitrogens with zero attached hydrogens (tertiary/aromatic N) is 1. The molecule has 1 aliphatic heterocycles. The molecule has 2 heteroatoms. The second-order valence-corrected chi connectivity index (χ2v) is 9.81. The average Bonchev–Trinajstić information content (AvgIpc) is 2.57. The van der Waals surface area contributed by atoms with Crippen LogP contribution in [-0.4, -0.2) is 32.8 Å². The lowest BCUT2D eigenvalue weighted by Gasteiger charge is -2.30. The lowest BCUT2D eigenvalue weighted by atomic mass is 10.1. The summed E-state index contributed by atoms with van der Waals surface area (Å²) >= 11 is 0. The SMILES string of the molecule is CC[SiH](C=C(C)C(C)N1CCCCCCCC1)CC. The van der Waals surface area contributed by atoms with E-state index in [1.54, 1.807) is 5.57 Å². The zero-order valence-electron chi connectivity index (χ0n) is 13.8. The second-order valence-electron chi connectivity index (χ2n) is 6.32. The van der Waals surface area contributed by atoms with Crippen LogP contribution in [0, 0.1) is 0 Å². The summed E-state index contributed by atoms with van der Waals surface area (Å²) in [6.07, 6.45) is 8.59. The lowest BCUT2D eigenvalue weighted by molar-refractivity contribution is 0.228. The lowest BCUT2D eigenvalue weighted by Crippen LogP contribution is -2.36. The van der Waals surface area contributed by atoms with Crippen LogP contribution in [0.15, 0.2) is 11.3 Å². The molecular weight excluding hydrogens is 246 g/mol. The minimum absolute atomic E-state index is 0.578. The van der Waals surface area contributed by atoms with Crippen LogP contribution in [0.3, 0.4) is 0 Å². The molecule has 1 saturated heterocycles. The zero-order valence-corrected chi connectivity index (χ0v) is 14.9. The Labute approximate surface area is 123 Å². The molecule has 0 aliphatic carbocycles. The van der Waals surface area contributed by atoms with Gasteiger partial charge in [0.25, 0.3) is 0 Å². The molecule has 112 valence electrons. The summed E-state index contributed by atoms with van der Waals surface area (Å²) in [6.45, 7) is 12.2. The molecule has 1 rings (SSSR count). The van der Waals surface area contributed by atoms with E-state index in [0.29, 0.717) is 6.04 Å². The summed E-state index contributed by atoms with van der Waals surface area (Å²) in [7, 11) is -0.578. The molecule has 0 aromatic carbocycles. The fourth-order valence-corrected chi connectivity index (χ4v) is 5.23. The molecule has 0 aromatic rings. The van der Waals surface area contributed by atoms with E-state index in [1.807, 2.05) is 0 Å². The fraction of sp³-hybridized carbons (Fsp3) is 0.882. The van der Waals surface area contributed by atoms with Crippen LogP contribution in [0.25, 0.3) is 0 Å². The predicted molar refractivity (Wildman–Crippen MR) is 90.6 cm³/mol. The van der Waals surface area contributed by atoms with E-state index in [2.05, 4.69) is 38.3 Å². The van der Waals surface area contributed by atoms with Crippen LogP contribution in [-0.2, 0) is 0 Å². The van der Waals surface area contributed by atoms with E-state index in [1.165, 1.54) is 63.7 Å². The summed E-state index contributed by atoms with van der Waals surface area (Å²) < 4.78 is 0. The van der Waals surface area contributed by atoms with Gasteiger partial charge in [0.05, 0.1) is 8.80 Å². The van der Waals surface area contributed by atoms with Gasteiger partial charge < -0.3 is 0 Å². The second kappa shape index (κ2) is 9.76. The third-order valence-corrected chi connectivity index (χ3v) is 7.99. The van der Waals surface area contributed by atoms with Crippen molar-refractivity contribution in [2.75, 3.05) is 13.1 Å². The minimum Gasteiger partial charge on any atom is -0.297 e. The monoisotopic (exact) mass is 281 g/mol. The first-order valence-corrected chi connectivity index (χ1v) is 10.9. The summed E-state index contributed by atoms with van der Waals surface area (Å²) in [6, 6.07) is 3.51. The van der Waals surface area contributed by atoms with E-state index in [-0.39, 0.29) is 0 Å². The Balaban J connectivity index is 2.58. The predicted octanol–water partition coefficient (Wildman–Crippen LogP) is 4.78. The van der Waals surface area contributed by atoms with Crippen molar-refractivity contribution in [1.29, 1.82) is 0 Å². The summed E-state index contributed by atoms with van der Waals surface area (Å²) in [5.74, 6) is 0. The van der Waals surface area contributed by atoms with Gasteiger partial charge in [0.15, 0.2) is 0 Å². The molecule has 1 atom stereocenters. The van der Waals surface area contributed by atoms with E-state index in [4.69, 9.17) is 0 Å². The van der Waals surface area contributed by atoms with Crippen LogP contribution in [0.1, 0.15) is 66.2 Å². The van der Waals surface area contributed by atoms with Crippen molar-refractivity contribution < 1.29 is 0 Å². The molecule has 0 aromatic heterocycles. The van der Waals surface area contributed by atoms with Gasteiger partial charge in [-0.05, 0) is 39.8 Å². The Morgan fingerprint density at radius 3 is 1.95 bits per heavy atom. The molecule has 1 heterocycles. The van der Waals surface area contributed by atoms with Gasteiger partial charge in [0.2, 0.25) is 0 Å². The maximum Gasteiger partial charge on any atom is 0.0609 e. The molecule has 1 nitrogen and oxygen atoms in total. The highest BCUT2D eigenvalue weighted by atomic mass is 28.3. The van der Waals surface area contributed by atoms with Crippen LogP contribution in [0.5, 0.6) is 0 Å². The van der Waals surface area contributed by atoms with E-state index in [0.717, 1.165) is 0 Å². The van der Waals surface area contributed by atoms with Gasteiger partial charge >= 0.3 is 0 Å². The normalized spacial score (nSPS) is 21.8. The molecule has 0 amide bonds. The average molecular weight is 282 g/mol. The standard InChI is InChI=1S/C17H35NSi/c1-5-19(6-2)15-16(3)17(4)18-13-11-9-7-8-10-12-14-18/h15,17,19H,5-14H2,1-4H3. The molecule has 0 radical (unpaired) electrons. The van der Waals surface area contributed by atoms with Gasteiger partial charge in [-0.25, -0.2) is 0 Å². The van der Waals surface area contributed by atoms with Crippen molar-refractivity contribution in [2.24, 2.45) is 0 Å². The van der Waals surface area contributed by atoms with Crippen molar-refractivity contribution in [1.82, 2.24) is 4.90 Å². The highest BCUT2D eigenvalue weighted by molar-refractivity contribution is 6.64. The Kier molecular flexibility index (Phi) is 8.72. The van der Waals surface area contributed by atoms with Crippen molar-refractivity contribution >= 4 is 8.80 Å². The molecule has 0 saturated carbocycles. The summed E-state index contributed by atoms with van der Waals surface area (Å²) in [4.78, 5) is 2.74. The Morgan fingerprint density at radius 1 is 1.00 bits per heavy atom. The molecule has 0 bridgehead atoms. The molecule has 1 aliphatic rings. The molecule has 19 heavy (non-hydrogen) atoms.